The summed E-state index contributed by atoms with van der Waals surface area (Å²) in [5.41, 5.74) is 8.26. The van der Waals surface area contributed by atoms with Crippen molar-refractivity contribution < 1.29 is 28.5 Å². The molecule has 1 unspecified atom stereocenters. The Morgan fingerprint density at radius 1 is 1.03 bits per heavy atom. The zero-order chi connectivity index (χ0) is 27.1. The fourth-order valence-corrected chi connectivity index (χ4v) is 4.19. The summed E-state index contributed by atoms with van der Waals surface area (Å²) in [5, 5.41) is 9.87. The molecule has 3 aromatic rings. The summed E-state index contributed by atoms with van der Waals surface area (Å²) < 4.78 is 28.2. The Hall–Kier alpha value is -4.64. The molecule has 38 heavy (non-hydrogen) atoms. The van der Waals surface area contributed by atoms with E-state index in [0.717, 1.165) is 18.4 Å². The van der Waals surface area contributed by atoms with Crippen LogP contribution in [0.25, 0.3) is 0 Å². The van der Waals surface area contributed by atoms with E-state index in [4.69, 9.17) is 29.4 Å². The quantitative estimate of drug-likeness (QED) is 0.208. The second kappa shape index (κ2) is 12.1. The van der Waals surface area contributed by atoms with Crippen molar-refractivity contribution in [2.45, 2.75) is 32.6 Å². The summed E-state index contributed by atoms with van der Waals surface area (Å²) >= 11 is 0. The molecule has 0 aromatic heterocycles. The van der Waals surface area contributed by atoms with Gasteiger partial charge in [0.05, 0.1) is 31.8 Å². The van der Waals surface area contributed by atoms with E-state index in [1.165, 1.54) is 0 Å². The molecular weight excluding hydrogens is 484 g/mol. The fourth-order valence-electron chi connectivity index (χ4n) is 4.19. The molecule has 0 amide bonds. The van der Waals surface area contributed by atoms with E-state index >= 15 is 0 Å². The fraction of sp³-hybridized carbons (Fsp3) is 0.267. The van der Waals surface area contributed by atoms with Crippen molar-refractivity contribution in [3.8, 4) is 34.8 Å². The molecule has 3 aromatic carbocycles. The Morgan fingerprint density at radius 3 is 2.61 bits per heavy atom. The normalized spacial score (nSPS) is 14.1. The highest BCUT2D eigenvalue weighted by molar-refractivity contribution is 5.91. The zero-order valence-electron chi connectivity index (χ0n) is 21.7. The van der Waals surface area contributed by atoms with Crippen LogP contribution in [0.2, 0.25) is 0 Å². The number of unbranched alkanes of at least 4 members (excludes halogenated alkanes) is 1. The van der Waals surface area contributed by atoms with Crippen molar-refractivity contribution in [1.29, 1.82) is 5.26 Å². The number of fused-ring (bicyclic) bond motifs is 1. The Kier molecular flexibility index (Phi) is 8.39. The second-order valence-corrected chi connectivity index (χ2v) is 8.59. The summed E-state index contributed by atoms with van der Waals surface area (Å²) in [6.45, 7) is 5.05. The lowest BCUT2D eigenvalue weighted by atomic mass is 9.83. The number of benzene rings is 3. The number of nitrogens with two attached hydrogens (primary N) is 1. The van der Waals surface area contributed by atoms with Gasteiger partial charge in [0.25, 0.3) is 0 Å². The lowest BCUT2D eigenvalue weighted by molar-refractivity contribution is 0.0734. The summed E-state index contributed by atoms with van der Waals surface area (Å²) in [6, 6.07) is 19.5. The van der Waals surface area contributed by atoms with Gasteiger partial charge in [0, 0.05) is 11.6 Å². The smallest absolute Gasteiger partial charge is 0.343 e. The second-order valence-electron chi connectivity index (χ2n) is 8.59. The van der Waals surface area contributed by atoms with Crippen LogP contribution in [0.4, 0.5) is 0 Å². The number of hydrogen-bond acceptors (Lipinski definition) is 8. The molecule has 1 atom stereocenters. The van der Waals surface area contributed by atoms with Gasteiger partial charge in [-0.3, -0.25) is 0 Å². The standard InChI is InChI=1S/C30H30N2O6/c1-4-6-14-36-21-9-7-8-20(15-21)30(33)37-22-11-12-23-26(17-22)38-29(32)24(18-31)28(23)19-10-13-25(35-5-2)27(16-19)34-3/h7-13,15-17,28H,4-6,14,32H2,1-3H3. The van der Waals surface area contributed by atoms with E-state index in [9.17, 15) is 10.1 Å². The van der Waals surface area contributed by atoms with Gasteiger partial charge < -0.3 is 29.4 Å². The SMILES string of the molecule is CCCCOc1cccc(C(=O)Oc2ccc3c(c2)OC(N)=C(C#N)C3c2ccc(OCC)c(OC)c2)c1. The number of ether oxygens (including phenoxy) is 5. The molecular formula is C30H30N2O6. The van der Waals surface area contributed by atoms with Crippen LogP contribution < -0.4 is 29.4 Å². The van der Waals surface area contributed by atoms with Crippen LogP contribution in [0.5, 0.6) is 28.7 Å². The molecule has 2 N–H and O–H groups in total. The van der Waals surface area contributed by atoms with Gasteiger partial charge in [-0.2, -0.15) is 5.26 Å². The molecule has 0 saturated carbocycles. The number of rotatable bonds is 10. The van der Waals surface area contributed by atoms with Crippen molar-refractivity contribution in [2.24, 2.45) is 5.73 Å². The molecule has 0 aliphatic carbocycles. The Morgan fingerprint density at radius 2 is 1.87 bits per heavy atom. The van der Waals surface area contributed by atoms with Crippen LogP contribution in [0.15, 0.2) is 72.1 Å². The van der Waals surface area contributed by atoms with E-state index in [1.807, 2.05) is 19.1 Å². The van der Waals surface area contributed by atoms with Gasteiger partial charge in [0.15, 0.2) is 11.5 Å². The van der Waals surface area contributed by atoms with Crippen molar-refractivity contribution in [3.05, 3.63) is 88.8 Å². The molecule has 0 bridgehead atoms. The third-order valence-electron chi connectivity index (χ3n) is 6.06. The lowest BCUT2D eigenvalue weighted by Gasteiger charge is -2.27. The predicted octanol–water partition coefficient (Wildman–Crippen LogP) is 5.71. The molecule has 0 radical (unpaired) electrons. The van der Waals surface area contributed by atoms with E-state index in [0.29, 0.717) is 47.3 Å². The van der Waals surface area contributed by atoms with Gasteiger partial charge in [-0.05, 0) is 55.3 Å². The molecule has 8 heteroatoms. The molecule has 1 aliphatic rings. The maximum absolute atomic E-state index is 12.8. The van der Waals surface area contributed by atoms with Gasteiger partial charge >= 0.3 is 5.97 Å². The molecule has 0 spiro atoms. The topological polar surface area (TPSA) is 113 Å². The molecule has 0 saturated heterocycles. The number of carbonyl (C=O) groups excluding carboxylic acids is 1. The van der Waals surface area contributed by atoms with Crippen molar-refractivity contribution in [3.63, 3.8) is 0 Å². The molecule has 4 rings (SSSR count). The Bertz CT molecular complexity index is 1390. The number of methoxy groups -OCH3 is 1. The van der Waals surface area contributed by atoms with Crippen LogP contribution in [-0.4, -0.2) is 26.3 Å². The van der Waals surface area contributed by atoms with E-state index in [1.54, 1.807) is 55.6 Å². The summed E-state index contributed by atoms with van der Waals surface area (Å²) in [6.07, 6.45) is 1.95. The first-order valence-corrected chi connectivity index (χ1v) is 12.5. The first kappa shape index (κ1) is 26.4. The van der Waals surface area contributed by atoms with Crippen LogP contribution in [0.3, 0.4) is 0 Å². The summed E-state index contributed by atoms with van der Waals surface area (Å²) in [5.74, 6) is 1.37. The monoisotopic (exact) mass is 514 g/mol. The number of esters is 1. The molecule has 8 nitrogen and oxygen atoms in total. The van der Waals surface area contributed by atoms with E-state index < -0.39 is 11.9 Å². The minimum Gasteiger partial charge on any atom is -0.494 e. The van der Waals surface area contributed by atoms with Crippen molar-refractivity contribution >= 4 is 5.97 Å². The van der Waals surface area contributed by atoms with E-state index in [-0.39, 0.29) is 17.2 Å². The summed E-state index contributed by atoms with van der Waals surface area (Å²) in [7, 11) is 1.56. The number of carbonyl (C=O) groups is 1. The largest absolute Gasteiger partial charge is 0.494 e. The lowest BCUT2D eigenvalue weighted by Crippen LogP contribution is -2.21. The highest BCUT2D eigenvalue weighted by atomic mass is 16.5. The van der Waals surface area contributed by atoms with Gasteiger partial charge in [-0.1, -0.05) is 31.5 Å². The van der Waals surface area contributed by atoms with Crippen molar-refractivity contribution in [1.82, 2.24) is 0 Å². The minimum absolute atomic E-state index is 0.0155. The molecule has 1 heterocycles. The highest BCUT2D eigenvalue weighted by Crippen LogP contribution is 2.45. The average molecular weight is 515 g/mol. The van der Waals surface area contributed by atoms with Gasteiger partial charge in [-0.15, -0.1) is 0 Å². The third-order valence-corrected chi connectivity index (χ3v) is 6.06. The number of allylic oxidation sites excluding steroid dienone is 1. The maximum Gasteiger partial charge on any atom is 0.343 e. The number of nitriles is 1. The number of nitrogens with zero attached hydrogens (tertiary/aromatic N) is 1. The van der Waals surface area contributed by atoms with Crippen LogP contribution in [0, 0.1) is 11.3 Å². The Balaban J connectivity index is 1.61. The van der Waals surface area contributed by atoms with Gasteiger partial charge in [0.2, 0.25) is 5.88 Å². The first-order chi connectivity index (χ1) is 18.5. The molecule has 0 fully saturated rings. The van der Waals surface area contributed by atoms with E-state index in [2.05, 4.69) is 13.0 Å². The highest BCUT2D eigenvalue weighted by Gasteiger charge is 2.32. The van der Waals surface area contributed by atoms with Crippen LogP contribution in [-0.2, 0) is 0 Å². The Labute approximate surface area is 222 Å². The maximum atomic E-state index is 12.8. The average Bonchev–Trinajstić information content (AvgIpc) is 2.93. The first-order valence-electron chi connectivity index (χ1n) is 12.5. The van der Waals surface area contributed by atoms with Crippen molar-refractivity contribution in [2.75, 3.05) is 20.3 Å². The third kappa shape index (κ3) is 5.68. The summed E-state index contributed by atoms with van der Waals surface area (Å²) in [4.78, 5) is 12.8. The molecule has 196 valence electrons. The minimum atomic E-state index is -0.532. The number of hydrogen-bond donors (Lipinski definition) is 1. The zero-order valence-corrected chi connectivity index (χ0v) is 21.7. The van der Waals surface area contributed by atoms with Gasteiger partial charge in [0.1, 0.15) is 28.9 Å². The van der Waals surface area contributed by atoms with Crippen LogP contribution in [0.1, 0.15) is 54.1 Å². The predicted molar refractivity (Wildman–Crippen MR) is 142 cm³/mol. The van der Waals surface area contributed by atoms with Crippen LogP contribution >= 0.6 is 0 Å². The molecule has 1 aliphatic heterocycles. The van der Waals surface area contributed by atoms with Gasteiger partial charge in [-0.25, -0.2) is 4.79 Å².